The number of ether oxygens (including phenoxy) is 1. The van der Waals surface area contributed by atoms with Crippen LogP contribution in [0.5, 0.6) is 0 Å². The number of nitrogens with zero attached hydrogens (tertiary/aromatic N) is 2. The fourth-order valence-electron chi connectivity index (χ4n) is 3.15. The molecule has 0 N–H and O–H groups in total. The van der Waals surface area contributed by atoms with Gasteiger partial charge in [0.05, 0.1) is 17.0 Å². The predicted molar refractivity (Wildman–Crippen MR) is 115 cm³/mol. The second kappa shape index (κ2) is 10.2. The molecule has 144 valence electrons. The Balaban J connectivity index is 1.71. The zero-order valence-corrected chi connectivity index (χ0v) is 17.9. The van der Waals surface area contributed by atoms with Gasteiger partial charge >= 0.3 is 0 Å². The zero-order valence-electron chi connectivity index (χ0n) is 15.5. The topological polar surface area (TPSA) is 32.8 Å². The fourth-order valence-corrected chi connectivity index (χ4v) is 4.48. The van der Waals surface area contributed by atoms with Gasteiger partial charge in [0.2, 0.25) is 5.91 Å². The van der Waals surface area contributed by atoms with E-state index in [9.17, 15) is 4.79 Å². The molecule has 2 heterocycles. The minimum absolute atomic E-state index is 0.0455. The number of thiophene rings is 1. The molecule has 0 saturated carbocycles. The summed E-state index contributed by atoms with van der Waals surface area (Å²) in [6.07, 6.45) is 3.59. The molecule has 0 radical (unpaired) electrons. The number of carbonyl (C=O) groups excluding carboxylic acids is 1. The van der Waals surface area contributed by atoms with Crippen molar-refractivity contribution in [2.75, 3.05) is 32.8 Å². The highest BCUT2D eigenvalue weighted by molar-refractivity contribution is 9.11. The largest absolute Gasteiger partial charge is 0.379 e. The number of morpholine rings is 1. The Kier molecular flexibility index (Phi) is 7.64. The van der Waals surface area contributed by atoms with E-state index in [-0.39, 0.29) is 11.9 Å². The van der Waals surface area contributed by atoms with Crippen LogP contribution in [0.4, 0.5) is 0 Å². The number of halogens is 1. The number of rotatable bonds is 7. The van der Waals surface area contributed by atoms with Crippen LogP contribution in [0.15, 0.2) is 52.3 Å². The van der Waals surface area contributed by atoms with Crippen molar-refractivity contribution in [2.24, 2.45) is 0 Å². The summed E-state index contributed by atoms with van der Waals surface area (Å²) in [6.45, 7) is 7.00. The summed E-state index contributed by atoms with van der Waals surface area (Å²) < 4.78 is 6.50. The van der Waals surface area contributed by atoms with Crippen LogP contribution in [0, 0.1) is 0 Å². The summed E-state index contributed by atoms with van der Waals surface area (Å²) in [7, 11) is 0. The van der Waals surface area contributed by atoms with Gasteiger partial charge in [-0.2, -0.15) is 0 Å². The molecule has 27 heavy (non-hydrogen) atoms. The lowest BCUT2D eigenvalue weighted by molar-refractivity contribution is -0.129. The van der Waals surface area contributed by atoms with Gasteiger partial charge in [-0.25, -0.2) is 0 Å². The monoisotopic (exact) mass is 448 g/mol. The van der Waals surface area contributed by atoms with Gasteiger partial charge in [0.1, 0.15) is 0 Å². The molecule has 0 spiro atoms. The third-order valence-electron chi connectivity index (χ3n) is 4.62. The molecule has 1 atom stereocenters. The van der Waals surface area contributed by atoms with Crippen molar-refractivity contribution in [3.63, 3.8) is 0 Å². The Labute approximate surface area is 173 Å². The van der Waals surface area contributed by atoms with Gasteiger partial charge in [-0.05, 0) is 46.6 Å². The number of carbonyl (C=O) groups is 1. The van der Waals surface area contributed by atoms with Crippen LogP contribution in [0.1, 0.15) is 17.4 Å². The second-order valence-corrected chi connectivity index (χ2v) is 9.18. The van der Waals surface area contributed by atoms with E-state index in [0.717, 1.165) is 47.1 Å². The first kappa shape index (κ1) is 20.3. The highest BCUT2D eigenvalue weighted by Crippen LogP contribution is 2.23. The van der Waals surface area contributed by atoms with Crippen molar-refractivity contribution < 1.29 is 9.53 Å². The van der Waals surface area contributed by atoms with E-state index in [2.05, 4.69) is 39.9 Å². The maximum absolute atomic E-state index is 13.0. The van der Waals surface area contributed by atoms with Crippen molar-refractivity contribution in [3.8, 4) is 0 Å². The zero-order chi connectivity index (χ0) is 19.1. The molecule has 1 unspecified atom stereocenters. The first-order valence-corrected chi connectivity index (χ1v) is 10.8. The van der Waals surface area contributed by atoms with Gasteiger partial charge in [0.25, 0.3) is 0 Å². The van der Waals surface area contributed by atoms with Gasteiger partial charge in [0.15, 0.2) is 0 Å². The number of hydrogen-bond donors (Lipinski definition) is 0. The smallest absolute Gasteiger partial charge is 0.247 e. The van der Waals surface area contributed by atoms with Gasteiger partial charge < -0.3 is 9.64 Å². The minimum atomic E-state index is 0.0455. The lowest BCUT2D eigenvalue weighted by Crippen LogP contribution is -2.47. The van der Waals surface area contributed by atoms with E-state index in [1.54, 1.807) is 17.4 Å². The first-order chi connectivity index (χ1) is 13.1. The van der Waals surface area contributed by atoms with Crippen molar-refractivity contribution in [1.29, 1.82) is 0 Å². The lowest BCUT2D eigenvalue weighted by Gasteiger charge is -2.34. The Morgan fingerprint density at radius 1 is 1.26 bits per heavy atom. The summed E-state index contributed by atoms with van der Waals surface area (Å²) in [5, 5.41) is 0. The van der Waals surface area contributed by atoms with Crippen LogP contribution in [0.25, 0.3) is 6.08 Å². The third kappa shape index (κ3) is 6.28. The van der Waals surface area contributed by atoms with Crippen LogP contribution in [0.3, 0.4) is 0 Å². The van der Waals surface area contributed by atoms with Crippen LogP contribution in [-0.4, -0.2) is 54.6 Å². The van der Waals surface area contributed by atoms with E-state index in [1.165, 1.54) is 0 Å². The molecule has 0 bridgehead atoms. The van der Waals surface area contributed by atoms with Gasteiger partial charge in [-0.15, -0.1) is 11.3 Å². The predicted octanol–water partition coefficient (Wildman–Crippen LogP) is 4.27. The minimum Gasteiger partial charge on any atom is -0.379 e. The fraction of sp³-hybridized carbons (Fsp3) is 0.381. The summed E-state index contributed by atoms with van der Waals surface area (Å²) in [6, 6.07) is 14.3. The Bertz CT molecular complexity index is 757. The molecular weight excluding hydrogens is 424 g/mol. The molecule has 2 aromatic rings. The average Bonchev–Trinajstić information content (AvgIpc) is 3.11. The van der Waals surface area contributed by atoms with Gasteiger partial charge in [-0.1, -0.05) is 30.3 Å². The molecular formula is C21H25BrN2O2S. The number of hydrogen-bond acceptors (Lipinski definition) is 4. The molecule has 1 saturated heterocycles. The van der Waals surface area contributed by atoms with E-state index in [0.29, 0.717) is 6.54 Å². The number of amides is 1. The summed E-state index contributed by atoms with van der Waals surface area (Å²) >= 11 is 5.08. The Morgan fingerprint density at radius 3 is 2.67 bits per heavy atom. The molecule has 1 aliphatic heterocycles. The maximum atomic E-state index is 13.0. The molecule has 4 nitrogen and oxygen atoms in total. The van der Waals surface area contributed by atoms with Crippen molar-refractivity contribution in [3.05, 3.63) is 62.8 Å². The summed E-state index contributed by atoms with van der Waals surface area (Å²) in [5.74, 6) is 0.0455. The highest BCUT2D eigenvalue weighted by Gasteiger charge is 2.22. The van der Waals surface area contributed by atoms with Crippen LogP contribution in [0.2, 0.25) is 0 Å². The molecule has 1 aromatic heterocycles. The molecule has 0 aliphatic carbocycles. The molecule has 1 aliphatic rings. The highest BCUT2D eigenvalue weighted by atomic mass is 79.9. The molecule has 3 rings (SSSR count). The second-order valence-electron chi connectivity index (χ2n) is 6.69. The van der Waals surface area contributed by atoms with Crippen molar-refractivity contribution >= 4 is 39.2 Å². The van der Waals surface area contributed by atoms with E-state index in [4.69, 9.17) is 4.74 Å². The van der Waals surface area contributed by atoms with Crippen LogP contribution < -0.4 is 0 Å². The normalized spacial score (nSPS) is 16.5. The molecule has 6 heteroatoms. The maximum Gasteiger partial charge on any atom is 0.247 e. The quantitative estimate of drug-likeness (QED) is 0.592. The Hall–Kier alpha value is -1.47. The summed E-state index contributed by atoms with van der Waals surface area (Å²) in [5.41, 5.74) is 1.15. The average molecular weight is 449 g/mol. The van der Waals surface area contributed by atoms with E-state index < -0.39 is 0 Å². The number of benzene rings is 1. The van der Waals surface area contributed by atoms with Crippen molar-refractivity contribution in [1.82, 2.24) is 9.80 Å². The first-order valence-electron chi connectivity index (χ1n) is 9.20. The van der Waals surface area contributed by atoms with Crippen LogP contribution in [-0.2, 0) is 16.1 Å². The SMILES string of the molecule is CC(CN1CCOCC1)N(Cc1ccccc1)C(=O)/C=C/c1ccc(Br)s1. The molecule has 1 aromatic carbocycles. The molecule has 1 fully saturated rings. The third-order valence-corrected chi connectivity index (χ3v) is 6.21. The van der Waals surface area contributed by atoms with Gasteiger partial charge in [0, 0.05) is 43.2 Å². The molecule has 1 amide bonds. The standard InChI is InChI=1S/C21H25BrN2O2S/c1-17(15-23-11-13-26-14-12-23)24(16-18-5-3-2-4-6-18)21(25)10-8-19-7-9-20(22)27-19/h2-10,17H,11-16H2,1H3/b10-8+. The van der Waals surface area contributed by atoms with Crippen molar-refractivity contribution in [2.45, 2.75) is 19.5 Å². The Morgan fingerprint density at radius 2 is 2.00 bits per heavy atom. The van der Waals surface area contributed by atoms with E-state index in [1.807, 2.05) is 41.3 Å². The summed E-state index contributed by atoms with van der Waals surface area (Å²) in [4.78, 5) is 18.4. The lowest BCUT2D eigenvalue weighted by atomic mass is 10.1. The van der Waals surface area contributed by atoms with Gasteiger partial charge in [-0.3, -0.25) is 9.69 Å². The van der Waals surface area contributed by atoms with Crippen LogP contribution >= 0.6 is 27.3 Å². The van der Waals surface area contributed by atoms with E-state index >= 15 is 0 Å².